The van der Waals surface area contributed by atoms with Crippen LogP contribution < -0.4 is 4.72 Å². The first-order valence-corrected chi connectivity index (χ1v) is 7.97. The van der Waals surface area contributed by atoms with Crippen LogP contribution in [0.2, 0.25) is 5.02 Å². The number of rotatable bonds is 4. The molecule has 0 aliphatic carbocycles. The summed E-state index contributed by atoms with van der Waals surface area (Å²) >= 11 is 5.85. The van der Waals surface area contributed by atoms with E-state index in [4.69, 9.17) is 11.6 Å². The van der Waals surface area contributed by atoms with E-state index in [-0.39, 0.29) is 16.3 Å². The number of carbonyl (C=O) groups excluding carboxylic acids is 1. The molecule has 5 nitrogen and oxygen atoms in total. The van der Waals surface area contributed by atoms with Crippen LogP contribution in [0.4, 0.5) is 14.5 Å². The molecule has 0 unspecified atom stereocenters. The van der Waals surface area contributed by atoms with E-state index >= 15 is 0 Å². The highest BCUT2D eigenvalue weighted by molar-refractivity contribution is 7.92. The fourth-order valence-electron chi connectivity index (χ4n) is 1.78. The van der Waals surface area contributed by atoms with E-state index in [1.54, 1.807) is 0 Å². The number of ether oxygens (including phenoxy) is 1. The van der Waals surface area contributed by atoms with E-state index in [0.717, 1.165) is 31.4 Å². The van der Waals surface area contributed by atoms with Crippen molar-refractivity contribution in [1.82, 2.24) is 0 Å². The van der Waals surface area contributed by atoms with Crippen LogP contribution in [-0.2, 0) is 14.8 Å². The molecular weight excluding hydrogens is 352 g/mol. The molecular formula is C14H10ClF2NO4S. The summed E-state index contributed by atoms with van der Waals surface area (Å²) in [4.78, 5) is 10.3. The minimum Gasteiger partial charge on any atom is -0.465 e. The topological polar surface area (TPSA) is 72.5 Å². The van der Waals surface area contributed by atoms with Gasteiger partial charge in [0.15, 0.2) is 4.90 Å². The van der Waals surface area contributed by atoms with Crippen molar-refractivity contribution in [2.45, 2.75) is 4.90 Å². The Labute approximate surface area is 135 Å². The van der Waals surface area contributed by atoms with E-state index in [2.05, 4.69) is 4.74 Å². The summed E-state index contributed by atoms with van der Waals surface area (Å²) in [7, 11) is -3.43. The minimum absolute atomic E-state index is 0.0172. The second-order valence-electron chi connectivity index (χ2n) is 4.34. The lowest BCUT2D eigenvalue weighted by Crippen LogP contribution is -2.17. The predicted molar refractivity (Wildman–Crippen MR) is 80.0 cm³/mol. The maximum absolute atomic E-state index is 13.6. The monoisotopic (exact) mass is 361 g/mol. The van der Waals surface area contributed by atoms with E-state index < -0.39 is 32.5 Å². The zero-order valence-electron chi connectivity index (χ0n) is 11.6. The van der Waals surface area contributed by atoms with Gasteiger partial charge in [-0.15, -0.1) is 0 Å². The predicted octanol–water partition coefficient (Wildman–Crippen LogP) is 3.21. The number of methoxy groups -OCH3 is 1. The molecule has 23 heavy (non-hydrogen) atoms. The van der Waals surface area contributed by atoms with Crippen molar-refractivity contribution in [2.24, 2.45) is 0 Å². The lowest BCUT2D eigenvalue weighted by Gasteiger charge is -2.12. The van der Waals surface area contributed by atoms with Gasteiger partial charge in [0.25, 0.3) is 10.0 Å². The SMILES string of the molecule is COC(=O)c1ccc(Cl)c(NS(=O)(=O)c2c(F)cccc2F)c1. The molecule has 0 aliphatic heterocycles. The van der Waals surface area contributed by atoms with Gasteiger partial charge < -0.3 is 4.74 Å². The summed E-state index contributed by atoms with van der Waals surface area (Å²) in [5, 5.41) is -0.0574. The number of anilines is 1. The number of sulfonamides is 1. The number of hydrogen-bond donors (Lipinski definition) is 1. The number of halogens is 3. The smallest absolute Gasteiger partial charge is 0.337 e. The van der Waals surface area contributed by atoms with Gasteiger partial charge in [-0.05, 0) is 30.3 Å². The summed E-state index contributed by atoms with van der Waals surface area (Å²) < 4.78 is 58.1. The number of benzene rings is 2. The highest BCUT2D eigenvalue weighted by Crippen LogP contribution is 2.28. The summed E-state index contributed by atoms with van der Waals surface area (Å²) in [5.74, 6) is -3.23. The average molecular weight is 362 g/mol. The van der Waals surface area contributed by atoms with Crippen molar-refractivity contribution in [3.63, 3.8) is 0 Å². The largest absolute Gasteiger partial charge is 0.465 e. The van der Waals surface area contributed by atoms with E-state index in [1.807, 2.05) is 4.72 Å². The van der Waals surface area contributed by atoms with Crippen molar-refractivity contribution >= 4 is 33.3 Å². The highest BCUT2D eigenvalue weighted by atomic mass is 35.5. The molecule has 0 bridgehead atoms. The molecule has 0 heterocycles. The molecule has 0 spiro atoms. The first-order valence-electron chi connectivity index (χ1n) is 6.11. The van der Waals surface area contributed by atoms with Crippen molar-refractivity contribution in [2.75, 3.05) is 11.8 Å². The summed E-state index contributed by atoms with van der Waals surface area (Å²) in [6, 6.07) is 6.33. The van der Waals surface area contributed by atoms with Gasteiger partial charge in [0.05, 0.1) is 23.4 Å². The molecule has 2 aromatic carbocycles. The van der Waals surface area contributed by atoms with E-state index in [1.165, 1.54) is 12.1 Å². The Hall–Kier alpha value is -2.19. The van der Waals surface area contributed by atoms with Gasteiger partial charge in [-0.25, -0.2) is 22.0 Å². The molecule has 0 fully saturated rings. The molecule has 122 valence electrons. The van der Waals surface area contributed by atoms with Crippen LogP contribution in [-0.4, -0.2) is 21.5 Å². The fourth-order valence-corrected chi connectivity index (χ4v) is 3.21. The first-order chi connectivity index (χ1) is 10.8. The Morgan fingerprint density at radius 3 is 2.35 bits per heavy atom. The lowest BCUT2D eigenvalue weighted by atomic mass is 10.2. The van der Waals surface area contributed by atoms with Gasteiger partial charge in [0, 0.05) is 0 Å². The van der Waals surface area contributed by atoms with Gasteiger partial charge >= 0.3 is 5.97 Å². The highest BCUT2D eigenvalue weighted by Gasteiger charge is 2.25. The molecule has 1 N–H and O–H groups in total. The number of esters is 1. The summed E-state index contributed by atoms with van der Waals surface area (Å²) in [6.07, 6.45) is 0. The zero-order chi connectivity index (χ0) is 17.2. The standard InChI is InChI=1S/C14H10ClF2NO4S/c1-22-14(19)8-5-6-9(15)12(7-8)18-23(20,21)13-10(16)3-2-4-11(13)17/h2-7,18H,1H3. The number of nitrogens with one attached hydrogen (secondary N) is 1. The Morgan fingerprint density at radius 1 is 1.17 bits per heavy atom. The maximum Gasteiger partial charge on any atom is 0.337 e. The minimum atomic E-state index is -4.58. The van der Waals surface area contributed by atoms with Crippen LogP contribution in [0.15, 0.2) is 41.3 Å². The third kappa shape index (κ3) is 3.59. The van der Waals surface area contributed by atoms with Gasteiger partial charge in [0.2, 0.25) is 0 Å². The van der Waals surface area contributed by atoms with Crippen LogP contribution in [0.25, 0.3) is 0 Å². The molecule has 0 saturated heterocycles. The van der Waals surface area contributed by atoms with Crippen LogP contribution in [0.3, 0.4) is 0 Å². The van der Waals surface area contributed by atoms with Crippen LogP contribution in [0, 0.1) is 11.6 Å². The summed E-state index contributed by atoms with van der Waals surface area (Å²) in [6.45, 7) is 0. The Morgan fingerprint density at radius 2 is 1.78 bits per heavy atom. The summed E-state index contributed by atoms with van der Waals surface area (Å²) in [5.41, 5.74) is -0.194. The van der Waals surface area contributed by atoms with Gasteiger partial charge in [-0.1, -0.05) is 17.7 Å². The third-order valence-corrected chi connectivity index (χ3v) is 4.57. The molecule has 0 aromatic heterocycles. The normalized spacial score (nSPS) is 11.1. The molecule has 2 rings (SSSR count). The number of carbonyl (C=O) groups is 1. The molecule has 0 amide bonds. The van der Waals surface area contributed by atoms with Gasteiger partial charge in [-0.2, -0.15) is 0 Å². The van der Waals surface area contributed by atoms with Crippen LogP contribution >= 0.6 is 11.6 Å². The first kappa shape index (κ1) is 17.2. The van der Waals surface area contributed by atoms with Crippen LogP contribution in [0.1, 0.15) is 10.4 Å². The molecule has 0 atom stereocenters. The Bertz CT molecular complexity index is 851. The average Bonchev–Trinajstić information content (AvgIpc) is 2.48. The van der Waals surface area contributed by atoms with Gasteiger partial charge in [0.1, 0.15) is 11.6 Å². The van der Waals surface area contributed by atoms with Gasteiger partial charge in [-0.3, -0.25) is 4.72 Å². The molecule has 9 heteroatoms. The Kier molecular flexibility index (Phi) is 4.86. The zero-order valence-corrected chi connectivity index (χ0v) is 13.2. The van der Waals surface area contributed by atoms with E-state index in [9.17, 15) is 22.0 Å². The molecule has 0 saturated carbocycles. The van der Waals surface area contributed by atoms with Crippen molar-refractivity contribution in [1.29, 1.82) is 0 Å². The second kappa shape index (κ2) is 6.51. The molecule has 0 radical (unpaired) electrons. The maximum atomic E-state index is 13.6. The second-order valence-corrected chi connectivity index (χ2v) is 6.37. The van der Waals surface area contributed by atoms with Crippen molar-refractivity contribution in [3.8, 4) is 0 Å². The van der Waals surface area contributed by atoms with Crippen molar-refractivity contribution in [3.05, 3.63) is 58.6 Å². The quantitative estimate of drug-likeness (QED) is 0.849. The molecule has 0 aliphatic rings. The number of hydrogen-bond acceptors (Lipinski definition) is 4. The Balaban J connectivity index is 2.47. The fraction of sp³-hybridized carbons (Fsp3) is 0.0714. The lowest BCUT2D eigenvalue weighted by molar-refractivity contribution is 0.0601. The van der Waals surface area contributed by atoms with Crippen molar-refractivity contribution < 1.29 is 26.7 Å². The third-order valence-electron chi connectivity index (χ3n) is 2.82. The molecule has 2 aromatic rings. The van der Waals surface area contributed by atoms with E-state index in [0.29, 0.717) is 0 Å². The van der Waals surface area contributed by atoms with Crippen LogP contribution in [0.5, 0.6) is 0 Å².